The molecule has 1 saturated heterocycles. The molecule has 0 aromatic heterocycles. The molecule has 64 valence electrons. The van der Waals surface area contributed by atoms with Crippen molar-refractivity contribution in [2.45, 2.75) is 12.8 Å². The lowest BCUT2D eigenvalue weighted by Gasteiger charge is -2.14. The van der Waals surface area contributed by atoms with E-state index in [1.165, 1.54) is 4.90 Å². The van der Waals surface area contributed by atoms with Gasteiger partial charge in [0.1, 0.15) is 0 Å². The minimum atomic E-state index is -0.0625. The van der Waals surface area contributed by atoms with Crippen molar-refractivity contribution in [1.29, 1.82) is 0 Å². The van der Waals surface area contributed by atoms with Gasteiger partial charge in [-0.15, -0.1) is 0 Å². The van der Waals surface area contributed by atoms with Crippen LogP contribution < -0.4 is 0 Å². The van der Waals surface area contributed by atoms with Gasteiger partial charge in [0.2, 0.25) is 11.8 Å². The maximum Gasteiger partial charge on any atom is 0.233 e. The quantitative estimate of drug-likeness (QED) is 0.388. The number of carbonyl (C=O) groups excluding carboxylic acids is 2. The van der Waals surface area contributed by atoms with Crippen molar-refractivity contribution in [3.63, 3.8) is 0 Å². The average Bonchev–Trinajstić information content (AvgIpc) is 2.33. The normalized spacial score (nSPS) is 34.2. The monoisotopic (exact) mass is 165 g/mol. The van der Waals surface area contributed by atoms with Gasteiger partial charge in [-0.25, -0.2) is 0 Å². The van der Waals surface area contributed by atoms with E-state index in [0.29, 0.717) is 0 Å². The lowest BCUT2D eigenvalue weighted by Crippen LogP contribution is -2.25. The van der Waals surface area contributed by atoms with Gasteiger partial charge in [-0.2, -0.15) is 0 Å². The fourth-order valence-electron chi connectivity index (χ4n) is 1.97. The smallest absolute Gasteiger partial charge is 0.233 e. The minimum Gasteiger partial charge on any atom is -0.285 e. The van der Waals surface area contributed by atoms with Crippen LogP contribution in [-0.2, 0) is 9.59 Å². The second-order valence-electron chi connectivity index (χ2n) is 3.39. The molecule has 0 saturated carbocycles. The molecular formula is C9H11NO2. The van der Waals surface area contributed by atoms with Crippen LogP contribution in [0, 0.1) is 11.8 Å². The zero-order valence-electron chi connectivity index (χ0n) is 6.99. The zero-order chi connectivity index (χ0) is 8.72. The topological polar surface area (TPSA) is 37.4 Å². The maximum atomic E-state index is 11.4. The van der Waals surface area contributed by atoms with Crippen LogP contribution in [0.4, 0.5) is 0 Å². The number of allylic oxidation sites excluding steroid dienone is 2. The molecule has 2 amide bonds. The number of amides is 2. The van der Waals surface area contributed by atoms with Gasteiger partial charge in [-0.3, -0.25) is 14.5 Å². The third kappa shape index (κ3) is 0.823. The Bertz CT molecular complexity index is 244. The van der Waals surface area contributed by atoms with Crippen LogP contribution in [0.2, 0.25) is 0 Å². The summed E-state index contributed by atoms with van der Waals surface area (Å²) in [5, 5.41) is 0. The first-order valence-electron chi connectivity index (χ1n) is 4.18. The Morgan fingerprint density at radius 3 is 2.00 bits per heavy atom. The third-order valence-electron chi connectivity index (χ3n) is 2.73. The number of carbonyl (C=O) groups is 2. The Balaban J connectivity index is 2.31. The summed E-state index contributed by atoms with van der Waals surface area (Å²) >= 11 is 0. The first-order chi connectivity index (χ1) is 5.72. The van der Waals surface area contributed by atoms with Gasteiger partial charge in [0.05, 0.1) is 11.8 Å². The second kappa shape index (κ2) is 2.44. The van der Waals surface area contributed by atoms with E-state index in [1.54, 1.807) is 7.05 Å². The molecule has 0 N–H and O–H groups in total. The van der Waals surface area contributed by atoms with E-state index >= 15 is 0 Å². The van der Waals surface area contributed by atoms with E-state index in [0.717, 1.165) is 12.8 Å². The maximum absolute atomic E-state index is 11.4. The molecule has 0 bridgehead atoms. The fourth-order valence-corrected chi connectivity index (χ4v) is 1.97. The van der Waals surface area contributed by atoms with E-state index in [4.69, 9.17) is 0 Å². The van der Waals surface area contributed by atoms with Gasteiger partial charge in [0.15, 0.2) is 0 Å². The molecule has 0 radical (unpaired) electrons. The summed E-state index contributed by atoms with van der Waals surface area (Å²) < 4.78 is 0. The highest BCUT2D eigenvalue weighted by molar-refractivity contribution is 6.05. The molecule has 3 heteroatoms. The van der Waals surface area contributed by atoms with Gasteiger partial charge < -0.3 is 0 Å². The van der Waals surface area contributed by atoms with Gasteiger partial charge in [0, 0.05) is 7.05 Å². The number of imide groups is 1. The molecule has 2 rings (SSSR count). The molecule has 0 aromatic rings. The average molecular weight is 165 g/mol. The summed E-state index contributed by atoms with van der Waals surface area (Å²) in [7, 11) is 1.57. The van der Waals surface area contributed by atoms with Crippen molar-refractivity contribution in [3.05, 3.63) is 12.2 Å². The molecule has 1 aliphatic carbocycles. The predicted molar refractivity (Wildman–Crippen MR) is 43.1 cm³/mol. The Kier molecular flexibility index (Phi) is 1.53. The molecule has 1 aliphatic heterocycles. The SMILES string of the molecule is CN1C(=O)C2CC=CC[C@@H]2C1=O. The van der Waals surface area contributed by atoms with E-state index in [2.05, 4.69) is 0 Å². The first kappa shape index (κ1) is 7.53. The van der Waals surface area contributed by atoms with Crippen molar-refractivity contribution < 1.29 is 9.59 Å². The molecule has 1 fully saturated rings. The van der Waals surface area contributed by atoms with E-state index < -0.39 is 0 Å². The highest BCUT2D eigenvalue weighted by Crippen LogP contribution is 2.33. The van der Waals surface area contributed by atoms with Crippen molar-refractivity contribution in [1.82, 2.24) is 4.90 Å². The van der Waals surface area contributed by atoms with Gasteiger partial charge in [-0.1, -0.05) is 12.2 Å². The molecule has 1 unspecified atom stereocenters. The molecular weight excluding hydrogens is 154 g/mol. The largest absolute Gasteiger partial charge is 0.285 e. The van der Waals surface area contributed by atoms with Gasteiger partial charge in [0.25, 0.3) is 0 Å². The van der Waals surface area contributed by atoms with Crippen LogP contribution in [0.25, 0.3) is 0 Å². The van der Waals surface area contributed by atoms with Gasteiger partial charge in [-0.05, 0) is 12.8 Å². The number of hydrogen-bond acceptors (Lipinski definition) is 2. The van der Waals surface area contributed by atoms with Crippen LogP contribution in [0.15, 0.2) is 12.2 Å². The Hall–Kier alpha value is -1.12. The first-order valence-corrected chi connectivity index (χ1v) is 4.18. The third-order valence-corrected chi connectivity index (χ3v) is 2.73. The molecule has 2 aliphatic rings. The molecule has 2 atom stereocenters. The van der Waals surface area contributed by atoms with Crippen molar-refractivity contribution >= 4 is 11.8 Å². The molecule has 12 heavy (non-hydrogen) atoms. The van der Waals surface area contributed by atoms with Crippen LogP contribution in [0.1, 0.15) is 12.8 Å². The summed E-state index contributed by atoms with van der Waals surface area (Å²) in [5.41, 5.74) is 0. The summed E-state index contributed by atoms with van der Waals surface area (Å²) in [6, 6.07) is 0. The standard InChI is InChI=1S/C9H11NO2/c1-10-8(11)6-4-2-3-5-7(6)9(10)12/h2-3,6-7H,4-5H2,1H3/t6-,7?/m0/s1. The molecule has 0 spiro atoms. The Labute approximate surface area is 71.0 Å². The van der Waals surface area contributed by atoms with E-state index in [1.807, 2.05) is 12.2 Å². The van der Waals surface area contributed by atoms with Crippen molar-refractivity contribution in [2.24, 2.45) is 11.8 Å². The van der Waals surface area contributed by atoms with Crippen molar-refractivity contribution in [2.75, 3.05) is 7.05 Å². The highest BCUT2D eigenvalue weighted by atomic mass is 16.2. The lowest BCUT2D eigenvalue weighted by molar-refractivity contribution is -0.138. The van der Waals surface area contributed by atoms with Crippen molar-refractivity contribution in [3.8, 4) is 0 Å². The van der Waals surface area contributed by atoms with Gasteiger partial charge >= 0.3 is 0 Å². The summed E-state index contributed by atoms with van der Waals surface area (Å²) in [6.45, 7) is 0. The number of likely N-dealkylation sites (tertiary alicyclic amines) is 1. The fraction of sp³-hybridized carbons (Fsp3) is 0.556. The summed E-state index contributed by atoms with van der Waals surface area (Å²) in [4.78, 5) is 24.1. The van der Waals surface area contributed by atoms with E-state index in [-0.39, 0.29) is 23.7 Å². The van der Waals surface area contributed by atoms with Crippen LogP contribution in [0.5, 0.6) is 0 Å². The molecule has 1 heterocycles. The Morgan fingerprint density at radius 1 is 1.17 bits per heavy atom. The lowest BCUT2D eigenvalue weighted by atomic mass is 9.85. The highest BCUT2D eigenvalue weighted by Gasteiger charge is 2.45. The summed E-state index contributed by atoms with van der Waals surface area (Å²) in [6.07, 6.45) is 5.45. The zero-order valence-corrected chi connectivity index (χ0v) is 6.99. The number of rotatable bonds is 0. The number of hydrogen-bond donors (Lipinski definition) is 0. The van der Waals surface area contributed by atoms with Crippen LogP contribution >= 0.6 is 0 Å². The number of fused-ring (bicyclic) bond motifs is 1. The predicted octanol–water partition coefficient (Wildman–Crippen LogP) is 0.567. The van der Waals surface area contributed by atoms with Crippen LogP contribution in [-0.4, -0.2) is 23.8 Å². The Morgan fingerprint density at radius 2 is 1.58 bits per heavy atom. The number of nitrogens with zero attached hydrogens (tertiary/aromatic N) is 1. The van der Waals surface area contributed by atoms with E-state index in [9.17, 15) is 9.59 Å². The second-order valence-corrected chi connectivity index (χ2v) is 3.39. The molecule has 0 aromatic carbocycles. The molecule has 3 nitrogen and oxygen atoms in total. The summed E-state index contributed by atoms with van der Waals surface area (Å²) in [5.74, 6) is -0.135. The minimum absolute atomic E-state index is 0.00523. The van der Waals surface area contributed by atoms with Crippen LogP contribution in [0.3, 0.4) is 0 Å².